The van der Waals surface area contributed by atoms with E-state index >= 15 is 0 Å². The van der Waals surface area contributed by atoms with Gasteiger partial charge in [-0.15, -0.1) is 0 Å². The lowest BCUT2D eigenvalue weighted by Gasteiger charge is -2.01. The van der Waals surface area contributed by atoms with Gasteiger partial charge in [-0.2, -0.15) is 0 Å². The second-order valence-electron chi connectivity index (χ2n) is 4.53. The van der Waals surface area contributed by atoms with Crippen LogP contribution in [-0.4, -0.2) is 5.11 Å². The smallest absolute Gasteiger partial charge is 0.123 e. The Morgan fingerprint density at radius 2 is 1.53 bits per heavy atom. The third-order valence-corrected chi connectivity index (χ3v) is 2.94. The Balaban J connectivity index is 2.06. The van der Waals surface area contributed by atoms with Crippen LogP contribution in [-0.2, 0) is 6.42 Å². The second-order valence-corrected chi connectivity index (χ2v) is 4.53. The first-order chi connectivity index (χ1) is 9.25. The number of rotatable bonds is 4. The number of aliphatic hydroxyl groups excluding tert-OH is 1. The average molecular weight is 250 g/mol. The summed E-state index contributed by atoms with van der Waals surface area (Å²) in [5, 5.41) is 10.0. The summed E-state index contributed by atoms with van der Waals surface area (Å²) in [5.41, 5.74) is 3.18. The Kier molecular flexibility index (Phi) is 4.57. The highest BCUT2D eigenvalue weighted by atomic mass is 16.3. The zero-order chi connectivity index (χ0) is 13.5. The predicted molar refractivity (Wildman–Crippen MR) is 81.0 cm³/mol. The number of benzene rings is 2. The SMILES string of the molecule is CC(=C/Cc1ccccc1)/C=C(\O)c1ccccc1. The van der Waals surface area contributed by atoms with Gasteiger partial charge >= 0.3 is 0 Å². The van der Waals surface area contributed by atoms with Gasteiger partial charge in [-0.05, 0) is 25.0 Å². The van der Waals surface area contributed by atoms with Crippen LogP contribution in [0.15, 0.2) is 78.4 Å². The highest BCUT2D eigenvalue weighted by molar-refractivity contribution is 5.61. The van der Waals surface area contributed by atoms with Crippen molar-refractivity contribution in [2.24, 2.45) is 0 Å². The summed E-state index contributed by atoms with van der Waals surface area (Å²) in [6.07, 6.45) is 4.80. The van der Waals surface area contributed by atoms with Crippen molar-refractivity contribution in [2.45, 2.75) is 13.3 Å². The van der Waals surface area contributed by atoms with E-state index in [2.05, 4.69) is 18.2 Å². The van der Waals surface area contributed by atoms with Crippen molar-refractivity contribution in [2.75, 3.05) is 0 Å². The molecule has 0 amide bonds. The van der Waals surface area contributed by atoms with Crippen LogP contribution in [0.5, 0.6) is 0 Å². The summed E-state index contributed by atoms with van der Waals surface area (Å²) in [5.74, 6) is 0.308. The van der Waals surface area contributed by atoms with Crippen LogP contribution < -0.4 is 0 Å². The molecule has 0 saturated heterocycles. The van der Waals surface area contributed by atoms with E-state index in [1.165, 1.54) is 5.56 Å². The Morgan fingerprint density at radius 3 is 2.16 bits per heavy atom. The molecule has 0 aliphatic rings. The Morgan fingerprint density at radius 1 is 0.947 bits per heavy atom. The standard InChI is InChI=1S/C18H18O/c1-15(12-13-16-8-4-2-5-9-16)14-18(19)17-10-6-3-7-11-17/h2-12,14,19H,13H2,1H3/b15-12-,18-14-. The number of hydrogen-bond acceptors (Lipinski definition) is 1. The summed E-state index contributed by atoms with van der Waals surface area (Å²) in [4.78, 5) is 0. The molecular weight excluding hydrogens is 232 g/mol. The van der Waals surface area contributed by atoms with Crippen LogP contribution in [0, 0.1) is 0 Å². The molecule has 2 aromatic carbocycles. The van der Waals surface area contributed by atoms with Crippen LogP contribution in [0.25, 0.3) is 5.76 Å². The van der Waals surface area contributed by atoms with E-state index in [-0.39, 0.29) is 0 Å². The van der Waals surface area contributed by atoms with Crippen molar-refractivity contribution in [3.8, 4) is 0 Å². The third-order valence-electron chi connectivity index (χ3n) is 2.94. The molecule has 0 radical (unpaired) electrons. The summed E-state index contributed by atoms with van der Waals surface area (Å²) in [6, 6.07) is 19.9. The quantitative estimate of drug-likeness (QED) is 0.612. The average Bonchev–Trinajstić information content (AvgIpc) is 2.47. The fraction of sp³-hybridized carbons (Fsp3) is 0.111. The van der Waals surface area contributed by atoms with E-state index in [0.29, 0.717) is 5.76 Å². The summed E-state index contributed by atoms with van der Waals surface area (Å²) in [7, 11) is 0. The number of aliphatic hydroxyl groups is 1. The first-order valence-electron chi connectivity index (χ1n) is 6.42. The van der Waals surface area contributed by atoms with Gasteiger partial charge < -0.3 is 5.11 Å². The van der Waals surface area contributed by atoms with E-state index < -0.39 is 0 Å². The molecule has 96 valence electrons. The fourth-order valence-corrected chi connectivity index (χ4v) is 1.86. The molecule has 0 fully saturated rings. The van der Waals surface area contributed by atoms with Gasteiger partial charge in [0.25, 0.3) is 0 Å². The number of hydrogen-bond donors (Lipinski definition) is 1. The fourth-order valence-electron chi connectivity index (χ4n) is 1.86. The highest BCUT2D eigenvalue weighted by Crippen LogP contribution is 2.13. The maximum Gasteiger partial charge on any atom is 0.123 e. The molecule has 0 atom stereocenters. The molecule has 0 heterocycles. The maximum atomic E-state index is 10.0. The molecular formula is C18H18O. The molecule has 0 saturated carbocycles. The Bertz CT molecular complexity index is 565. The molecule has 2 rings (SSSR count). The van der Waals surface area contributed by atoms with E-state index in [9.17, 15) is 5.11 Å². The first-order valence-corrected chi connectivity index (χ1v) is 6.42. The van der Waals surface area contributed by atoms with Gasteiger partial charge in [-0.25, -0.2) is 0 Å². The van der Waals surface area contributed by atoms with Gasteiger partial charge in [0.15, 0.2) is 0 Å². The van der Waals surface area contributed by atoms with Gasteiger partial charge in [0, 0.05) is 5.56 Å². The molecule has 0 aromatic heterocycles. The van der Waals surface area contributed by atoms with E-state index in [0.717, 1.165) is 17.6 Å². The lowest BCUT2D eigenvalue weighted by atomic mass is 10.1. The predicted octanol–water partition coefficient (Wildman–Crippen LogP) is 4.77. The van der Waals surface area contributed by atoms with Crippen LogP contribution in [0.3, 0.4) is 0 Å². The largest absolute Gasteiger partial charge is 0.507 e. The highest BCUT2D eigenvalue weighted by Gasteiger charge is 1.97. The minimum Gasteiger partial charge on any atom is -0.507 e. The van der Waals surface area contributed by atoms with E-state index in [1.54, 1.807) is 6.08 Å². The van der Waals surface area contributed by atoms with Crippen LogP contribution in [0.1, 0.15) is 18.1 Å². The molecule has 1 heteroatoms. The van der Waals surface area contributed by atoms with Crippen molar-refractivity contribution in [3.05, 3.63) is 89.5 Å². The molecule has 0 aliphatic heterocycles. The molecule has 19 heavy (non-hydrogen) atoms. The van der Waals surface area contributed by atoms with E-state index in [4.69, 9.17) is 0 Å². The molecule has 0 spiro atoms. The molecule has 0 aliphatic carbocycles. The lowest BCUT2D eigenvalue weighted by molar-refractivity contribution is 0.511. The van der Waals surface area contributed by atoms with E-state index in [1.807, 2.05) is 55.5 Å². The van der Waals surface area contributed by atoms with Crippen molar-refractivity contribution in [1.82, 2.24) is 0 Å². The minimum absolute atomic E-state index is 0.308. The maximum absolute atomic E-state index is 10.0. The van der Waals surface area contributed by atoms with Crippen molar-refractivity contribution >= 4 is 5.76 Å². The monoisotopic (exact) mass is 250 g/mol. The summed E-state index contributed by atoms with van der Waals surface area (Å²) < 4.78 is 0. The number of allylic oxidation sites excluding steroid dienone is 3. The lowest BCUT2D eigenvalue weighted by Crippen LogP contribution is -1.84. The zero-order valence-electron chi connectivity index (χ0n) is 11.1. The van der Waals surface area contributed by atoms with Gasteiger partial charge in [-0.3, -0.25) is 0 Å². The zero-order valence-corrected chi connectivity index (χ0v) is 11.1. The van der Waals surface area contributed by atoms with Crippen LogP contribution in [0.4, 0.5) is 0 Å². The molecule has 1 N–H and O–H groups in total. The van der Waals surface area contributed by atoms with Crippen LogP contribution >= 0.6 is 0 Å². The summed E-state index contributed by atoms with van der Waals surface area (Å²) in [6.45, 7) is 2.00. The Hall–Kier alpha value is -2.28. The van der Waals surface area contributed by atoms with Gasteiger partial charge in [0.05, 0.1) is 0 Å². The molecule has 0 unspecified atom stereocenters. The van der Waals surface area contributed by atoms with Crippen LogP contribution in [0.2, 0.25) is 0 Å². The van der Waals surface area contributed by atoms with Gasteiger partial charge in [0.2, 0.25) is 0 Å². The summed E-state index contributed by atoms with van der Waals surface area (Å²) >= 11 is 0. The second kappa shape index (κ2) is 6.60. The molecule has 0 bridgehead atoms. The normalized spacial score (nSPS) is 12.5. The van der Waals surface area contributed by atoms with Gasteiger partial charge in [0.1, 0.15) is 5.76 Å². The van der Waals surface area contributed by atoms with Crippen molar-refractivity contribution < 1.29 is 5.11 Å². The third kappa shape index (κ3) is 4.14. The Labute approximate surface area is 114 Å². The van der Waals surface area contributed by atoms with Crippen molar-refractivity contribution in [3.63, 3.8) is 0 Å². The molecule has 2 aromatic rings. The molecule has 1 nitrogen and oxygen atoms in total. The topological polar surface area (TPSA) is 20.2 Å². The first kappa shape index (κ1) is 13.2. The van der Waals surface area contributed by atoms with Crippen molar-refractivity contribution in [1.29, 1.82) is 0 Å². The minimum atomic E-state index is 0.308. The van der Waals surface area contributed by atoms with Gasteiger partial charge in [-0.1, -0.05) is 72.3 Å².